The first-order valence-corrected chi connectivity index (χ1v) is 6.13. The van der Waals surface area contributed by atoms with Crippen LogP contribution in [0.25, 0.3) is 0 Å². The Hall–Kier alpha value is -0.0800. The SMILES string of the molecule is O=c1cc(S(=O)(=O)Cl)[nH]cc1I. The van der Waals surface area contributed by atoms with Crippen LogP contribution in [0.2, 0.25) is 0 Å². The summed E-state index contributed by atoms with van der Waals surface area (Å²) in [7, 11) is 1.15. The predicted molar refractivity (Wildman–Crippen MR) is 52.8 cm³/mol. The average molecular weight is 320 g/mol. The smallest absolute Gasteiger partial charge is 0.276 e. The molecule has 1 rings (SSSR count). The zero-order valence-corrected chi connectivity index (χ0v) is 9.27. The van der Waals surface area contributed by atoms with Crippen molar-refractivity contribution in [2.75, 3.05) is 0 Å². The molecule has 0 aliphatic rings. The van der Waals surface area contributed by atoms with Crippen LogP contribution in [0.5, 0.6) is 0 Å². The summed E-state index contributed by atoms with van der Waals surface area (Å²) >= 11 is 1.79. The molecule has 0 aliphatic carbocycles. The van der Waals surface area contributed by atoms with E-state index in [1.807, 2.05) is 0 Å². The maximum absolute atomic E-state index is 10.9. The lowest BCUT2D eigenvalue weighted by molar-refractivity contribution is 0.606. The zero-order valence-electron chi connectivity index (χ0n) is 5.54. The van der Waals surface area contributed by atoms with Gasteiger partial charge in [-0.2, -0.15) is 0 Å². The second kappa shape index (κ2) is 3.35. The van der Waals surface area contributed by atoms with Crippen molar-refractivity contribution in [3.8, 4) is 0 Å². The van der Waals surface area contributed by atoms with E-state index in [-0.39, 0.29) is 10.5 Å². The molecule has 0 atom stereocenters. The van der Waals surface area contributed by atoms with Crippen molar-refractivity contribution in [2.24, 2.45) is 0 Å². The van der Waals surface area contributed by atoms with E-state index >= 15 is 0 Å². The molecule has 66 valence electrons. The highest BCUT2D eigenvalue weighted by molar-refractivity contribution is 14.1. The topological polar surface area (TPSA) is 67.0 Å². The Morgan fingerprint density at radius 2 is 2.08 bits per heavy atom. The molecule has 7 heteroatoms. The third-order valence-corrected chi connectivity index (χ3v) is 3.20. The molecule has 0 saturated heterocycles. The second-order valence-corrected chi connectivity index (χ2v) is 5.64. The van der Waals surface area contributed by atoms with E-state index in [2.05, 4.69) is 4.98 Å². The fraction of sp³-hybridized carbons (Fsp3) is 0. The Morgan fingerprint density at radius 3 is 2.50 bits per heavy atom. The molecule has 0 unspecified atom stereocenters. The van der Waals surface area contributed by atoms with E-state index in [4.69, 9.17) is 10.7 Å². The summed E-state index contributed by atoms with van der Waals surface area (Å²) in [6.45, 7) is 0. The molecule has 4 nitrogen and oxygen atoms in total. The van der Waals surface area contributed by atoms with Crippen molar-refractivity contribution in [3.63, 3.8) is 0 Å². The van der Waals surface area contributed by atoms with E-state index in [9.17, 15) is 13.2 Å². The average Bonchev–Trinajstić information content (AvgIpc) is 1.92. The van der Waals surface area contributed by atoms with Crippen molar-refractivity contribution in [1.82, 2.24) is 4.98 Å². The molecule has 0 amide bonds. The Labute approximate surface area is 86.5 Å². The summed E-state index contributed by atoms with van der Waals surface area (Å²) in [5.74, 6) is 0. The zero-order chi connectivity index (χ0) is 9.35. The van der Waals surface area contributed by atoms with Crippen LogP contribution in [0, 0.1) is 3.57 Å². The van der Waals surface area contributed by atoms with Gasteiger partial charge in [0.2, 0.25) is 0 Å². The molecule has 0 radical (unpaired) electrons. The molecule has 1 aromatic heterocycles. The maximum Gasteiger partial charge on any atom is 0.276 e. The first-order chi connectivity index (χ1) is 5.41. The van der Waals surface area contributed by atoms with E-state index < -0.39 is 9.05 Å². The lowest BCUT2D eigenvalue weighted by atomic mass is 10.5. The van der Waals surface area contributed by atoms with Crippen LogP contribution in [0.4, 0.5) is 0 Å². The van der Waals surface area contributed by atoms with Gasteiger partial charge < -0.3 is 4.98 Å². The Bertz CT molecular complexity index is 452. The normalized spacial score (nSPS) is 11.5. The van der Waals surface area contributed by atoms with Gasteiger partial charge in [0, 0.05) is 22.9 Å². The van der Waals surface area contributed by atoms with Gasteiger partial charge in [0.1, 0.15) is 0 Å². The summed E-state index contributed by atoms with van der Waals surface area (Å²) in [6.07, 6.45) is 1.29. The largest absolute Gasteiger partial charge is 0.350 e. The fourth-order valence-electron chi connectivity index (χ4n) is 0.576. The molecule has 0 aliphatic heterocycles. The number of H-pyrrole nitrogens is 1. The number of aromatic amines is 1. The standard InChI is InChI=1S/C5H3ClINO3S/c6-12(10,11)5-1-4(9)3(7)2-8-5/h1-2H,(H,8,9). The summed E-state index contributed by atoms with van der Waals surface area (Å²) in [4.78, 5) is 13.3. The predicted octanol–water partition coefficient (Wildman–Crippen LogP) is 0.907. The lowest BCUT2D eigenvalue weighted by Crippen LogP contribution is -2.08. The summed E-state index contributed by atoms with van der Waals surface area (Å²) in [6, 6.07) is 0.949. The highest BCUT2D eigenvalue weighted by atomic mass is 127. The monoisotopic (exact) mass is 319 g/mol. The van der Waals surface area contributed by atoms with Crippen LogP contribution in [-0.2, 0) is 9.05 Å². The van der Waals surface area contributed by atoms with Crippen molar-refractivity contribution in [2.45, 2.75) is 5.03 Å². The first-order valence-electron chi connectivity index (χ1n) is 2.74. The summed E-state index contributed by atoms with van der Waals surface area (Å²) in [5, 5.41) is -0.283. The molecule has 0 saturated carbocycles. The quantitative estimate of drug-likeness (QED) is 0.618. The van der Waals surface area contributed by atoms with Gasteiger partial charge in [-0.05, 0) is 22.6 Å². The molecule has 0 spiro atoms. The molecular weight excluding hydrogens is 316 g/mol. The van der Waals surface area contributed by atoms with Crippen LogP contribution in [0.1, 0.15) is 0 Å². The van der Waals surface area contributed by atoms with Gasteiger partial charge >= 0.3 is 0 Å². The minimum Gasteiger partial charge on any atom is -0.350 e. The highest BCUT2D eigenvalue weighted by Crippen LogP contribution is 2.09. The molecule has 0 aromatic carbocycles. The third-order valence-electron chi connectivity index (χ3n) is 1.10. The molecule has 12 heavy (non-hydrogen) atoms. The molecule has 0 fully saturated rings. The number of aromatic nitrogens is 1. The van der Waals surface area contributed by atoms with Gasteiger partial charge in [0.05, 0.1) is 3.57 Å². The summed E-state index contributed by atoms with van der Waals surface area (Å²) in [5.41, 5.74) is -0.367. The van der Waals surface area contributed by atoms with Crippen molar-refractivity contribution in [3.05, 3.63) is 26.1 Å². The van der Waals surface area contributed by atoms with Gasteiger partial charge in [0.15, 0.2) is 10.5 Å². The maximum atomic E-state index is 10.9. The van der Waals surface area contributed by atoms with Crippen LogP contribution < -0.4 is 5.43 Å². The molecule has 1 heterocycles. The van der Waals surface area contributed by atoms with E-state index in [0.717, 1.165) is 6.07 Å². The van der Waals surface area contributed by atoms with Crippen LogP contribution in [0.3, 0.4) is 0 Å². The van der Waals surface area contributed by atoms with E-state index in [0.29, 0.717) is 3.57 Å². The van der Waals surface area contributed by atoms with Gasteiger partial charge in [0.25, 0.3) is 9.05 Å². The second-order valence-electron chi connectivity index (χ2n) is 1.95. The Kier molecular flexibility index (Phi) is 2.79. The number of nitrogens with one attached hydrogen (secondary N) is 1. The van der Waals surface area contributed by atoms with Gasteiger partial charge in [-0.3, -0.25) is 4.79 Å². The van der Waals surface area contributed by atoms with Crippen molar-refractivity contribution >= 4 is 42.3 Å². The minimum absolute atomic E-state index is 0.283. The number of rotatable bonds is 1. The van der Waals surface area contributed by atoms with E-state index in [1.165, 1.54) is 6.20 Å². The van der Waals surface area contributed by atoms with E-state index in [1.54, 1.807) is 22.6 Å². The lowest BCUT2D eigenvalue weighted by Gasteiger charge is -1.94. The van der Waals surface area contributed by atoms with Gasteiger partial charge in [-0.1, -0.05) is 0 Å². The van der Waals surface area contributed by atoms with Crippen LogP contribution in [-0.4, -0.2) is 13.4 Å². The Balaban J connectivity index is 3.43. The minimum atomic E-state index is -3.83. The Morgan fingerprint density at radius 1 is 1.50 bits per heavy atom. The molecule has 1 aromatic rings. The fourth-order valence-corrected chi connectivity index (χ4v) is 1.60. The molecular formula is C5H3ClINO3S. The summed E-state index contributed by atoms with van der Waals surface area (Å²) < 4.78 is 21.8. The van der Waals surface area contributed by atoms with Crippen LogP contribution in [0.15, 0.2) is 22.1 Å². The molecule has 0 bridgehead atoms. The number of hydrogen-bond donors (Lipinski definition) is 1. The van der Waals surface area contributed by atoms with Crippen molar-refractivity contribution < 1.29 is 8.42 Å². The molecule has 1 N–H and O–H groups in total. The van der Waals surface area contributed by atoms with Gasteiger partial charge in [-0.15, -0.1) is 0 Å². The van der Waals surface area contributed by atoms with Crippen LogP contribution >= 0.6 is 33.3 Å². The third kappa shape index (κ3) is 2.20. The number of halogens is 2. The van der Waals surface area contributed by atoms with Crippen molar-refractivity contribution in [1.29, 1.82) is 0 Å². The number of hydrogen-bond acceptors (Lipinski definition) is 3. The first kappa shape index (κ1) is 10.0. The van der Waals surface area contributed by atoms with Gasteiger partial charge in [-0.25, -0.2) is 8.42 Å². The highest BCUT2D eigenvalue weighted by Gasteiger charge is 2.11. The number of pyridine rings is 1.